The van der Waals surface area contributed by atoms with Crippen LogP contribution < -0.4 is 0 Å². The minimum Gasteiger partial charge on any atom is -0.507 e. The van der Waals surface area contributed by atoms with Gasteiger partial charge in [-0.05, 0) is 101 Å². The van der Waals surface area contributed by atoms with Crippen molar-refractivity contribution in [2.24, 2.45) is 0 Å². The number of aromatic hydroxyl groups is 2. The van der Waals surface area contributed by atoms with Crippen molar-refractivity contribution in [3.63, 3.8) is 0 Å². The molecule has 0 spiro atoms. The molecule has 0 bridgehead atoms. The van der Waals surface area contributed by atoms with Crippen molar-refractivity contribution in [1.29, 1.82) is 0 Å². The minimum atomic E-state index is -0.565. The first-order valence-corrected chi connectivity index (χ1v) is 15.7. The predicted octanol–water partition coefficient (Wildman–Crippen LogP) is 8.58. The molecule has 0 aliphatic rings. The fourth-order valence-corrected chi connectivity index (χ4v) is 5.83. The van der Waals surface area contributed by atoms with Crippen molar-refractivity contribution in [2.75, 3.05) is 0 Å². The molecule has 3 aromatic rings. The summed E-state index contributed by atoms with van der Waals surface area (Å²) in [6.45, 7) is 19.7. The van der Waals surface area contributed by atoms with Gasteiger partial charge >= 0.3 is 11.9 Å². The van der Waals surface area contributed by atoms with Gasteiger partial charge in [-0.15, -0.1) is 11.7 Å². The van der Waals surface area contributed by atoms with Gasteiger partial charge in [0.1, 0.15) is 24.7 Å². The van der Waals surface area contributed by atoms with E-state index in [1.165, 1.54) is 12.1 Å². The van der Waals surface area contributed by atoms with E-state index < -0.39 is 11.9 Å². The van der Waals surface area contributed by atoms with E-state index in [4.69, 9.17) is 9.47 Å². The quantitative estimate of drug-likeness (QED) is 0.140. The van der Waals surface area contributed by atoms with E-state index in [0.29, 0.717) is 16.0 Å². The third kappa shape index (κ3) is 7.09. The molecule has 3 aromatic carbocycles. The van der Waals surface area contributed by atoms with Gasteiger partial charge in [-0.25, -0.2) is 9.59 Å². The van der Waals surface area contributed by atoms with Crippen molar-refractivity contribution in [3.05, 3.63) is 86.0 Å². The minimum absolute atomic E-state index is 0.00117. The molecular formula is C34H42O6S2. The van der Waals surface area contributed by atoms with Gasteiger partial charge in [-0.2, -0.15) is 0 Å². The predicted molar refractivity (Wildman–Crippen MR) is 172 cm³/mol. The molecule has 0 aromatic heterocycles. The highest BCUT2D eigenvalue weighted by atomic mass is 33.1. The highest BCUT2D eigenvalue weighted by Gasteiger charge is 2.25. The van der Waals surface area contributed by atoms with E-state index in [-0.39, 0.29) is 46.7 Å². The summed E-state index contributed by atoms with van der Waals surface area (Å²) in [6, 6.07) is 8.47. The summed E-state index contributed by atoms with van der Waals surface area (Å²) in [5, 5.41) is 21.5. The summed E-state index contributed by atoms with van der Waals surface area (Å²) < 4.78 is 11.2. The lowest BCUT2D eigenvalue weighted by Gasteiger charge is -2.24. The van der Waals surface area contributed by atoms with Crippen LogP contribution in [0.5, 0.6) is 11.5 Å². The number of hydrogen-bond donors (Lipinski definition) is 3. The molecule has 0 fully saturated rings. The topological polar surface area (TPSA) is 93.1 Å². The molecule has 0 aliphatic heterocycles. The number of phenols is 2. The summed E-state index contributed by atoms with van der Waals surface area (Å²) in [4.78, 5) is 26.5. The Bertz CT molecular complexity index is 1530. The Balaban J connectivity index is 1.76. The van der Waals surface area contributed by atoms with Gasteiger partial charge in [-0.1, -0.05) is 64.5 Å². The van der Waals surface area contributed by atoms with Crippen LogP contribution in [-0.2, 0) is 33.5 Å². The van der Waals surface area contributed by atoms with Crippen LogP contribution in [0.2, 0.25) is 0 Å². The molecule has 0 unspecified atom stereocenters. The molecule has 0 atom stereocenters. The molecule has 2 N–H and O–H groups in total. The molecule has 0 saturated heterocycles. The van der Waals surface area contributed by atoms with Gasteiger partial charge in [0, 0.05) is 4.90 Å². The lowest BCUT2D eigenvalue weighted by Crippen LogP contribution is -2.15. The third-order valence-electron chi connectivity index (χ3n) is 7.65. The Morgan fingerprint density at radius 2 is 1.17 bits per heavy atom. The fraction of sp³-hybridized carbons (Fsp3) is 0.412. The lowest BCUT2D eigenvalue weighted by atomic mass is 9.83. The van der Waals surface area contributed by atoms with E-state index in [1.807, 2.05) is 81.4 Å². The first-order valence-electron chi connectivity index (χ1n) is 13.8. The monoisotopic (exact) mass is 610 g/mol. The SMILES string of the molecule is Cc1cc(C(C)(C)C)c(O)c(C)c1COC(=O)c1ccc(C(=O)OCc2c(C)cc(C(C)(C)C)c(O)c2C)c(SS)c1. The zero-order valence-electron chi connectivity index (χ0n) is 26.2. The van der Waals surface area contributed by atoms with Crippen LogP contribution in [0.1, 0.15) is 107 Å². The molecule has 3 rings (SSSR count). The van der Waals surface area contributed by atoms with Crippen molar-refractivity contribution in [2.45, 2.75) is 98.2 Å². The summed E-state index contributed by atoms with van der Waals surface area (Å²) in [6.07, 6.45) is 0. The van der Waals surface area contributed by atoms with Crippen LogP contribution in [0.3, 0.4) is 0 Å². The number of esters is 2. The number of ether oxygens (including phenoxy) is 2. The van der Waals surface area contributed by atoms with Crippen LogP contribution in [-0.4, -0.2) is 22.2 Å². The van der Waals surface area contributed by atoms with Crippen LogP contribution >= 0.6 is 22.5 Å². The van der Waals surface area contributed by atoms with E-state index in [9.17, 15) is 19.8 Å². The van der Waals surface area contributed by atoms with E-state index in [1.54, 1.807) is 6.07 Å². The van der Waals surface area contributed by atoms with Crippen molar-refractivity contribution in [1.82, 2.24) is 0 Å². The molecule has 6 nitrogen and oxygen atoms in total. The molecule has 8 heteroatoms. The first-order chi connectivity index (χ1) is 19.4. The fourth-order valence-electron chi connectivity index (χ4n) is 4.94. The van der Waals surface area contributed by atoms with Crippen molar-refractivity contribution < 1.29 is 29.3 Å². The highest BCUT2D eigenvalue weighted by molar-refractivity contribution is 8.68. The second-order valence-electron chi connectivity index (χ2n) is 12.8. The zero-order valence-corrected chi connectivity index (χ0v) is 27.9. The van der Waals surface area contributed by atoms with E-state index in [0.717, 1.165) is 44.2 Å². The largest absolute Gasteiger partial charge is 0.507 e. The maximum atomic E-state index is 13.1. The lowest BCUT2D eigenvalue weighted by molar-refractivity contribution is 0.0453. The second kappa shape index (κ2) is 12.6. The Kier molecular flexibility index (Phi) is 10.1. The maximum Gasteiger partial charge on any atom is 0.339 e. The van der Waals surface area contributed by atoms with E-state index >= 15 is 0 Å². The Morgan fingerprint density at radius 1 is 0.738 bits per heavy atom. The molecule has 0 heterocycles. The number of aryl methyl sites for hydroxylation is 2. The summed E-state index contributed by atoms with van der Waals surface area (Å²) in [5.41, 5.74) is 6.49. The molecule has 0 aliphatic carbocycles. The molecule has 0 radical (unpaired) electrons. The third-order valence-corrected chi connectivity index (χ3v) is 8.77. The number of carbonyl (C=O) groups excluding carboxylic acids is 2. The second-order valence-corrected chi connectivity index (χ2v) is 14.0. The standard InChI is InChI=1S/C34H42O6S2/c1-18-13-26(33(5,6)7)29(35)20(3)24(18)16-39-31(37)22-11-12-23(28(15-22)42-41)32(38)40-17-25-19(2)14-27(34(8,9)10)30(36)21(25)4/h11-15,35-36,41H,16-17H2,1-10H3. The molecular weight excluding hydrogens is 569 g/mol. The number of benzene rings is 3. The van der Waals surface area contributed by atoms with E-state index in [2.05, 4.69) is 11.7 Å². The summed E-state index contributed by atoms with van der Waals surface area (Å²) in [5.74, 6) is -0.705. The van der Waals surface area contributed by atoms with Gasteiger partial charge in [0.25, 0.3) is 0 Å². The van der Waals surface area contributed by atoms with Gasteiger partial charge < -0.3 is 19.7 Å². The summed E-state index contributed by atoms with van der Waals surface area (Å²) >= 11 is 4.29. The average molecular weight is 611 g/mol. The molecule has 0 saturated carbocycles. The van der Waals surface area contributed by atoms with Crippen LogP contribution in [0.4, 0.5) is 0 Å². The van der Waals surface area contributed by atoms with Crippen LogP contribution in [0.15, 0.2) is 35.2 Å². The smallest absolute Gasteiger partial charge is 0.339 e. The van der Waals surface area contributed by atoms with Crippen molar-refractivity contribution >= 4 is 34.4 Å². The number of hydrogen-bond acceptors (Lipinski definition) is 8. The number of thiol groups is 1. The Morgan fingerprint density at radius 3 is 1.57 bits per heavy atom. The van der Waals surface area contributed by atoms with Gasteiger partial charge in [-0.3, -0.25) is 0 Å². The zero-order chi connectivity index (χ0) is 31.7. The average Bonchev–Trinajstić information content (AvgIpc) is 2.90. The molecule has 0 amide bonds. The Labute approximate surface area is 258 Å². The first kappa shape index (κ1) is 33.4. The summed E-state index contributed by atoms with van der Waals surface area (Å²) in [7, 11) is 1.03. The highest BCUT2D eigenvalue weighted by Crippen LogP contribution is 2.38. The number of rotatable bonds is 7. The molecule has 226 valence electrons. The maximum absolute atomic E-state index is 13.1. The number of phenolic OH excluding ortho intramolecular Hbond substituents is 2. The van der Waals surface area contributed by atoms with Gasteiger partial charge in [0.2, 0.25) is 0 Å². The van der Waals surface area contributed by atoms with Gasteiger partial charge in [0.05, 0.1) is 11.1 Å². The van der Waals surface area contributed by atoms with Crippen LogP contribution in [0, 0.1) is 27.7 Å². The number of carbonyl (C=O) groups is 2. The normalized spacial score (nSPS) is 11.9. The van der Waals surface area contributed by atoms with Crippen LogP contribution in [0.25, 0.3) is 0 Å². The Hall–Kier alpha value is -3.10. The van der Waals surface area contributed by atoms with Gasteiger partial charge in [0.15, 0.2) is 0 Å². The van der Waals surface area contributed by atoms with Crippen molar-refractivity contribution in [3.8, 4) is 11.5 Å². The molecule has 42 heavy (non-hydrogen) atoms.